The van der Waals surface area contributed by atoms with Gasteiger partial charge >= 0.3 is 0 Å². The molecule has 6 aromatic rings. The molecule has 0 unspecified atom stereocenters. The van der Waals surface area contributed by atoms with Crippen LogP contribution in [0.4, 0.5) is 0 Å². The summed E-state index contributed by atoms with van der Waals surface area (Å²) in [5.74, 6) is 0. The van der Waals surface area contributed by atoms with E-state index in [0.29, 0.717) is 0 Å². The first-order valence-electron chi connectivity index (χ1n) is 10.7. The monoisotopic (exact) mass is 417 g/mol. The number of nitrogens with zero attached hydrogens (tertiary/aromatic N) is 1. The van der Waals surface area contributed by atoms with Gasteiger partial charge in [-0.25, -0.2) is 0 Å². The lowest BCUT2D eigenvalue weighted by molar-refractivity contribution is 0.596. The SMILES string of the molecule is CC(C)(C)c1cc(-c2nccc3c2sc2ccc4ccccc4c23)cc2ccccc12. The molecule has 0 saturated heterocycles. The molecule has 2 heterocycles. The fourth-order valence-corrected chi connectivity index (χ4v) is 5.97. The van der Waals surface area contributed by atoms with Crippen LogP contribution >= 0.6 is 11.3 Å². The fourth-order valence-electron chi connectivity index (χ4n) is 4.75. The Morgan fingerprint density at radius 3 is 2.26 bits per heavy atom. The van der Waals surface area contributed by atoms with Crippen molar-refractivity contribution in [1.82, 2.24) is 4.98 Å². The Morgan fingerprint density at radius 2 is 1.45 bits per heavy atom. The molecule has 6 rings (SSSR count). The molecule has 0 radical (unpaired) electrons. The van der Waals surface area contributed by atoms with Crippen LogP contribution in [-0.4, -0.2) is 4.98 Å². The predicted octanol–water partition coefficient (Wildman–Crippen LogP) is 8.72. The number of aromatic nitrogens is 1. The zero-order valence-electron chi connectivity index (χ0n) is 17.9. The van der Waals surface area contributed by atoms with Crippen LogP contribution in [-0.2, 0) is 5.41 Å². The Hall–Kier alpha value is -3.23. The normalized spacial score (nSPS) is 12.4. The number of pyridine rings is 1. The molecule has 1 nitrogen and oxygen atoms in total. The van der Waals surface area contributed by atoms with Crippen LogP contribution in [0.5, 0.6) is 0 Å². The molecule has 150 valence electrons. The highest BCUT2D eigenvalue weighted by Crippen LogP contribution is 2.43. The van der Waals surface area contributed by atoms with Crippen molar-refractivity contribution >= 4 is 53.1 Å². The third-order valence-electron chi connectivity index (χ3n) is 6.22. The van der Waals surface area contributed by atoms with E-state index in [1.165, 1.54) is 52.8 Å². The third kappa shape index (κ3) is 2.86. The molecular formula is C29H23NS. The topological polar surface area (TPSA) is 12.9 Å². The summed E-state index contributed by atoms with van der Waals surface area (Å²) >= 11 is 1.85. The summed E-state index contributed by atoms with van der Waals surface area (Å²) in [6.07, 6.45) is 1.97. The molecule has 0 bridgehead atoms. The van der Waals surface area contributed by atoms with Crippen LogP contribution in [0.25, 0.3) is 53.0 Å². The fraction of sp³-hybridized carbons (Fsp3) is 0.138. The Kier molecular flexibility index (Phi) is 3.97. The number of hydrogen-bond donors (Lipinski definition) is 0. The van der Waals surface area contributed by atoms with Gasteiger partial charge in [0.15, 0.2) is 0 Å². The van der Waals surface area contributed by atoms with Crippen molar-refractivity contribution in [2.75, 3.05) is 0 Å². The second kappa shape index (κ2) is 6.63. The van der Waals surface area contributed by atoms with Gasteiger partial charge in [-0.1, -0.05) is 75.4 Å². The van der Waals surface area contributed by atoms with Crippen LogP contribution in [0, 0.1) is 0 Å². The standard InChI is InChI=1S/C29H23NS/c1-29(2,3)24-17-20(16-19-9-5-6-10-21(19)24)27-28-23(14-15-30-27)26-22-11-7-4-8-18(22)12-13-25(26)31-28/h4-17H,1-3H3. The van der Waals surface area contributed by atoms with E-state index in [9.17, 15) is 0 Å². The van der Waals surface area contributed by atoms with E-state index in [2.05, 4.69) is 99.6 Å². The van der Waals surface area contributed by atoms with Gasteiger partial charge in [0.1, 0.15) is 0 Å². The summed E-state index contributed by atoms with van der Waals surface area (Å²) in [4.78, 5) is 4.89. The van der Waals surface area contributed by atoms with Crippen molar-refractivity contribution in [2.24, 2.45) is 0 Å². The minimum absolute atomic E-state index is 0.0554. The quantitative estimate of drug-likeness (QED) is 0.261. The van der Waals surface area contributed by atoms with E-state index in [4.69, 9.17) is 4.98 Å². The van der Waals surface area contributed by atoms with Crippen molar-refractivity contribution in [3.8, 4) is 11.3 Å². The maximum Gasteiger partial charge on any atom is 0.0880 e. The number of fused-ring (bicyclic) bond motifs is 6. The summed E-state index contributed by atoms with van der Waals surface area (Å²) in [6, 6.07) is 28.7. The first-order chi connectivity index (χ1) is 15.0. The molecule has 0 saturated carbocycles. The molecular weight excluding hydrogens is 394 g/mol. The lowest BCUT2D eigenvalue weighted by Crippen LogP contribution is -2.12. The van der Waals surface area contributed by atoms with Gasteiger partial charge in [-0.15, -0.1) is 11.3 Å². The highest BCUT2D eigenvalue weighted by atomic mass is 32.1. The van der Waals surface area contributed by atoms with E-state index >= 15 is 0 Å². The summed E-state index contributed by atoms with van der Waals surface area (Å²) in [5.41, 5.74) is 3.70. The van der Waals surface area contributed by atoms with Crippen molar-refractivity contribution in [3.05, 3.63) is 90.6 Å². The molecule has 0 aliphatic rings. The van der Waals surface area contributed by atoms with Crippen molar-refractivity contribution in [3.63, 3.8) is 0 Å². The number of benzene rings is 4. The minimum Gasteiger partial charge on any atom is -0.255 e. The minimum atomic E-state index is 0.0554. The molecule has 0 atom stereocenters. The largest absolute Gasteiger partial charge is 0.255 e. The van der Waals surface area contributed by atoms with E-state index in [1.807, 2.05) is 17.5 Å². The molecule has 2 aromatic heterocycles. The molecule has 0 amide bonds. The Morgan fingerprint density at radius 1 is 0.710 bits per heavy atom. The average Bonchev–Trinajstić information content (AvgIpc) is 3.17. The summed E-state index contributed by atoms with van der Waals surface area (Å²) < 4.78 is 2.59. The Labute approximate surface area is 186 Å². The van der Waals surface area contributed by atoms with E-state index < -0.39 is 0 Å². The molecule has 0 aliphatic heterocycles. The van der Waals surface area contributed by atoms with Gasteiger partial charge in [-0.2, -0.15) is 0 Å². The maximum absolute atomic E-state index is 4.89. The second-order valence-electron chi connectivity index (χ2n) is 9.29. The van der Waals surface area contributed by atoms with Crippen LogP contribution in [0.2, 0.25) is 0 Å². The maximum atomic E-state index is 4.89. The van der Waals surface area contributed by atoms with E-state index in [1.54, 1.807) is 0 Å². The summed E-state index contributed by atoms with van der Waals surface area (Å²) in [7, 11) is 0. The molecule has 31 heavy (non-hydrogen) atoms. The van der Waals surface area contributed by atoms with Crippen LogP contribution < -0.4 is 0 Å². The lowest BCUT2D eigenvalue weighted by atomic mass is 9.82. The van der Waals surface area contributed by atoms with E-state index in [0.717, 1.165) is 5.69 Å². The zero-order valence-corrected chi connectivity index (χ0v) is 18.8. The van der Waals surface area contributed by atoms with Gasteiger partial charge in [0.25, 0.3) is 0 Å². The smallest absolute Gasteiger partial charge is 0.0880 e. The van der Waals surface area contributed by atoms with Crippen LogP contribution in [0.1, 0.15) is 26.3 Å². The predicted molar refractivity (Wildman–Crippen MR) is 136 cm³/mol. The van der Waals surface area contributed by atoms with Gasteiger partial charge in [0, 0.05) is 27.2 Å². The first-order valence-corrected chi connectivity index (χ1v) is 11.5. The molecule has 0 N–H and O–H groups in total. The van der Waals surface area contributed by atoms with Crippen LogP contribution in [0.15, 0.2) is 85.1 Å². The molecule has 2 heteroatoms. The highest BCUT2D eigenvalue weighted by molar-refractivity contribution is 7.26. The summed E-state index contributed by atoms with van der Waals surface area (Å²) in [5, 5.41) is 7.85. The third-order valence-corrected chi connectivity index (χ3v) is 7.40. The lowest BCUT2D eigenvalue weighted by Gasteiger charge is -2.22. The molecule has 0 fully saturated rings. The average molecular weight is 418 g/mol. The number of hydrogen-bond acceptors (Lipinski definition) is 2. The zero-order chi connectivity index (χ0) is 21.2. The van der Waals surface area contributed by atoms with Gasteiger partial charge in [-0.05, 0) is 56.8 Å². The highest BCUT2D eigenvalue weighted by Gasteiger charge is 2.20. The van der Waals surface area contributed by atoms with Gasteiger partial charge in [-0.3, -0.25) is 4.98 Å². The van der Waals surface area contributed by atoms with Crippen LogP contribution in [0.3, 0.4) is 0 Å². The number of thiophene rings is 1. The number of rotatable bonds is 1. The second-order valence-corrected chi connectivity index (χ2v) is 10.3. The molecule has 0 spiro atoms. The van der Waals surface area contributed by atoms with Gasteiger partial charge in [0.2, 0.25) is 0 Å². The first kappa shape index (κ1) is 18.5. The summed E-state index contributed by atoms with van der Waals surface area (Å²) in [6.45, 7) is 6.87. The molecule has 4 aromatic carbocycles. The van der Waals surface area contributed by atoms with Crippen molar-refractivity contribution in [1.29, 1.82) is 0 Å². The van der Waals surface area contributed by atoms with Crippen molar-refractivity contribution < 1.29 is 0 Å². The van der Waals surface area contributed by atoms with E-state index in [-0.39, 0.29) is 5.41 Å². The Bertz CT molecular complexity index is 1620. The van der Waals surface area contributed by atoms with Gasteiger partial charge in [0.05, 0.1) is 10.4 Å². The van der Waals surface area contributed by atoms with Gasteiger partial charge < -0.3 is 0 Å². The molecule has 0 aliphatic carbocycles. The van der Waals surface area contributed by atoms with Crippen molar-refractivity contribution in [2.45, 2.75) is 26.2 Å². The Balaban J connectivity index is 1.71.